The number of nitrogens with one attached hydrogen (secondary N) is 1. The van der Waals surface area contributed by atoms with Gasteiger partial charge < -0.3 is 24.9 Å². The van der Waals surface area contributed by atoms with Crippen LogP contribution in [0.4, 0.5) is 0 Å². The van der Waals surface area contributed by atoms with Crippen LogP contribution in [0.15, 0.2) is 43.1 Å². The molecule has 0 radical (unpaired) electrons. The number of aromatic amines is 1. The van der Waals surface area contributed by atoms with Gasteiger partial charge in [-0.15, -0.1) is 6.58 Å². The van der Waals surface area contributed by atoms with Gasteiger partial charge in [-0.3, -0.25) is 4.90 Å². The first-order valence-corrected chi connectivity index (χ1v) is 10.3. The Morgan fingerprint density at radius 1 is 1.40 bits per heavy atom. The number of carbonyl (C=O) groups is 1. The smallest absolute Gasteiger partial charge is 0.211 e. The zero-order chi connectivity index (χ0) is 21.8. The van der Waals surface area contributed by atoms with Crippen LogP contribution in [0, 0.1) is 11.8 Å². The van der Waals surface area contributed by atoms with Gasteiger partial charge in [0.25, 0.3) is 0 Å². The average Bonchev–Trinajstić information content (AvgIpc) is 2.78. The highest BCUT2D eigenvalue weighted by atomic mass is 16.5. The summed E-state index contributed by atoms with van der Waals surface area (Å²) >= 11 is 0. The maximum absolute atomic E-state index is 11.2. The molecule has 162 valence electrons. The summed E-state index contributed by atoms with van der Waals surface area (Å²) in [7, 11) is 1.67. The zero-order valence-electron chi connectivity index (χ0n) is 17.5. The highest BCUT2D eigenvalue weighted by Gasteiger charge is 2.42. The third-order valence-corrected chi connectivity index (χ3v) is 6.22. The topological polar surface area (TPSA) is 107 Å². The number of piperidine rings is 3. The number of aliphatic hydroxyl groups is 2. The Morgan fingerprint density at radius 3 is 2.70 bits per heavy atom. The predicted octanol–water partition coefficient (Wildman–Crippen LogP) is 0.709. The Kier molecular flexibility index (Phi) is 7.07. The summed E-state index contributed by atoms with van der Waals surface area (Å²) in [6, 6.07) is 8.15. The van der Waals surface area contributed by atoms with Crippen LogP contribution in [0.1, 0.15) is 31.4 Å². The second-order valence-corrected chi connectivity index (χ2v) is 8.03. The normalized spacial score (nSPS) is 26.9. The van der Waals surface area contributed by atoms with Crippen LogP contribution >= 0.6 is 0 Å². The van der Waals surface area contributed by atoms with E-state index < -0.39 is 18.2 Å². The first kappa shape index (κ1) is 22.2. The maximum atomic E-state index is 11.2. The molecule has 3 aliphatic rings. The van der Waals surface area contributed by atoms with Gasteiger partial charge >= 0.3 is 0 Å². The Bertz CT molecular complexity index is 900. The van der Waals surface area contributed by atoms with Crippen molar-refractivity contribution < 1.29 is 29.8 Å². The number of aromatic nitrogens is 1. The molecule has 3 fully saturated rings. The number of hydrogen-bond acceptors (Lipinski definition) is 6. The molecule has 0 saturated carbocycles. The van der Waals surface area contributed by atoms with Crippen molar-refractivity contribution in [2.45, 2.75) is 38.0 Å². The van der Waals surface area contributed by atoms with Crippen LogP contribution < -0.4 is 14.8 Å². The fourth-order valence-electron chi connectivity index (χ4n) is 4.50. The van der Waals surface area contributed by atoms with Gasteiger partial charge in [0, 0.05) is 30.3 Å². The molecule has 30 heavy (non-hydrogen) atoms. The monoisotopic (exact) mass is 414 g/mol. The molecule has 7 heteroatoms. The molecular formula is C23H30N2O5. The van der Waals surface area contributed by atoms with Gasteiger partial charge in [-0.05, 0) is 50.3 Å². The Morgan fingerprint density at radius 2 is 2.13 bits per heavy atom. The van der Waals surface area contributed by atoms with E-state index in [0.717, 1.165) is 48.6 Å². The number of methoxy groups -OCH3 is 1. The van der Waals surface area contributed by atoms with Crippen molar-refractivity contribution in [3.8, 4) is 5.75 Å². The minimum Gasteiger partial charge on any atom is -0.547 e. The first-order chi connectivity index (χ1) is 14.3. The van der Waals surface area contributed by atoms with E-state index >= 15 is 0 Å². The summed E-state index contributed by atoms with van der Waals surface area (Å²) in [4.78, 5) is 15.0. The minimum absolute atomic E-state index is 0.191. The second kappa shape index (κ2) is 9.55. The van der Waals surface area contributed by atoms with Gasteiger partial charge in [0.05, 0.1) is 30.7 Å². The molecule has 3 aliphatic heterocycles. The number of carboxylic acids is 1. The lowest BCUT2D eigenvalue weighted by atomic mass is 9.73. The number of rotatable bonds is 5. The van der Waals surface area contributed by atoms with Gasteiger partial charge in [-0.2, -0.15) is 0 Å². The Balaban J connectivity index is 0.000000377. The summed E-state index contributed by atoms with van der Waals surface area (Å²) in [5.74, 6) is 0.606. The molecule has 1 aromatic carbocycles. The van der Waals surface area contributed by atoms with Gasteiger partial charge in [-0.25, -0.2) is 4.98 Å². The molecule has 2 bridgehead atoms. The van der Waals surface area contributed by atoms with Crippen LogP contribution in [-0.2, 0) is 4.79 Å². The number of aliphatic carboxylic acids is 1. The molecule has 1 aromatic heterocycles. The van der Waals surface area contributed by atoms with Gasteiger partial charge in [0.2, 0.25) is 5.52 Å². The van der Waals surface area contributed by atoms with E-state index in [4.69, 9.17) is 9.84 Å². The van der Waals surface area contributed by atoms with Crippen molar-refractivity contribution in [2.75, 3.05) is 20.2 Å². The van der Waals surface area contributed by atoms with Crippen molar-refractivity contribution in [2.24, 2.45) is 11.8 Å². The molecule has 0 aliphatic carbocycles. The highest BCUT2D eigenvalue weighted by molar-refractivity contribution is 5.81. The minimum atomic E-state index is -1.44. The zero-order valence-corrected chi connectivity index (χ0v) is 17.5. The van der Waals surface area contributed by atoms with Crippen molar-refractivity contribution in [3.05, 3.63) is 48.7 Å². The quantitative estimate of drug-likeness (QED) is 0.698. The summed E-state index contributed by atoms with van der Waals surface area (Å²) in [5, 5.41) is 29.5. The molecule has 5 rings (SSSR count). The molecule has 5 unspecified atom stereocenters. The van der Waals surface area contributed by atoms with Crippen LogP contribution in [0.2, 0.25) is 0 Å². The van der Waals surface area contributed by atoms with E-state index in [-0.39, 0.29) is 6.04 Å². The van der Waals surface area contributed by atoms with E-state index in [0.29, 0.717) is 11.8 Å². The third kappa shape index (κ3) is 4.64. The number of H-pyrrole nitrogens is 1. The lowest BCUT2D eigenvalue weighted by Gasteiger charge is -2.50. The van der Waals surface area contributed by atoms with Gasteiger partial charge in [0.15, 0.2) is 6.20 Å². The van der Waals surface area contributed by atoms with E-state index in [1.54, 1.807) is 7.11 Å². The number of aliphatic hydroxyl groups excluding tert-OH is 2. The first-order valence-electron chi connectivity index (χ1n) is 10.3. The summed E-state index contributed by atoms with van der Waals surface area (Å²) in [5.41, 5.74) is 2.00. The standard InChI is InChI=1S/C20H24N2O2.C3H6O3/c1-3-13-12-22-9-7-14(13)10-19(22)20(23)16-6-8-21-18-5-4-15(24-2)11-17(16)18;1-2(4)3(5)6/h3-6,8,11,13-14,19-20,23H,1,7,9-10,12H2,2H3;2,4H,1H3,(H,5,6)/t13?,14?,19?,20-;/m0./s1. The van der Waals surface area contributed by atoms with E-state index in [1.807, 2.05) is 30.5 Å². The molecule has 4 heterocycles. The number of nitrogens with zero attached hydrogens (tertiary/aromatic N) is 1. The fourth-order valence-corrected chi connectivity index (χ4v) is 4.50. The van der Waals surface area contributed by atoms with Crippen molar-refractivity contribution in [1.82, 2.24) is 4.90 Å². The fraction of sp³-hybridized carbons (Fsp3) is 0.478. The van der Waals surface area contributed by atoms with Crippen molar-refractivity contribution >= 4 is 16.9 Å². The lowest BCUT2D eigenvalue weighted by Crippen LogP contribution is -2.54. The van der Waals surface area contributed by atoms with E-state index in [2.05, 4.69) is 22.5 Å². The third-order valence-electron chi connectivity index (χ3n) is 6.22. The summed E-state index contributed by atoms with van der Waals surface area (Å²) in [6.07, 6.45) is 4.44. The molecule has 0 amide bonds. The largest absolute Gasteiger partial charge is 0.547 e. The number of fused-ring (bicyclic) bond motifs is 4. The number of carbonyl (C=O) groups excluding carboxylic acids is 1. The highest BCUT2D eigenvalue weighted by Crippen LogP contribution is 2.42. The molecule has 0 spiro atoms. The van der Waals surface area contributed by atoms with Gasteiger partial charge in [0.1, 0.15) is 5.75 Å². The molecule has 6 atom stereocenters. The summed E-state index contributed by atoms with van der Waals surface area (Å²) in [6.45, 7) is 7.22. The number of hydrogen-bond donors (Lipinski definition) is 2. The van der Waals surface area contributed by atoms with Crippen molar-refractivity contribution in [1.29, 1.82) is 0 Å². The lowest BCUT2D eigenvalue weighted by molar-refractivity contribution is -0.344. The van der Waals surface area contributed by atoms with Crippen molar-refractivity contribution in [3.63, 3.8) is 0 Å². The maximum Gasteiger partial charge on any atom is 0.211 e. The molecule has 3 saturated heterocycles. The van der Waals surface area contributed by atoms with E-state index in [9.17, 15) is 15.0 Å². The number of carboxylic acid groups (broad SMARTS) is 1. The average molecular weight is 415 g/mol. The Labute approximate surface area is 176 Å². The van der Waals surface area contributed by atoms with Gasteiger partial charge in [-0.1, -0.05) is 6.08 Å². The van der Waals surface area contributed by atoms with Crippen LogP contribution in [0.25, 0.3) is 10.9 Å². The van der Waals surface area contributed by atoms with Crippen LogP contribution in [-0.4, -0.2) is 53.4 Å². The summed E-state index contributed by atoms with van der Waals surface area (Å²) < 4.78 is 5.36. The molecule has 3 N–H and O–H groups in total. The number of ether oxygens (including phenoxy) is 1. The number of pyridine rings is 1. The predicted molar refractivity (Wildman–Crippen MR) is 110 cm³/mol. The molecule has 7 nitrogen and oxygen atoms in total. The SMILES string of the molecule is C=CC1CN2CCC1CC2[C@@H](O)c1cc[nH+]c2ccc(OC)cc12.CC(O)C(=O)[O-]. The van der Waals surface area contributed by atoms with E-state index in [1.165, 1.54) is 6.42 Å². The molecule has 2 aromatic rings. The number of benzene rings is 1. The second-order valence-electron chi connectivity index (χ2n) is 8.03. The Hall–Kier alpha value is -2.48. The van der Waals surface area contributed by atoms with Crippen LogP contribution in [0.3, 0.4) is 0 Å². The van der Waals surface area contributed by atoms with Crippen LogP contribution in [0.5, 0.6) is 5.75 Å². The molecular weight excluding hydrogens is 384 g/mol.